The van der Waals surface area contributed by atoms with Gasteiger partial charge in [-0.3, -0.25) is 19.3 Å². The molecule has 0 aliphatic heterocycles. The Kier molecular flexibility index (Phi) is 6.21. The van der Waals surface area contributed by atoms with E-state index in [-0.39, 0.29) is 0 Å². The second kappa shape index (κ2) is 7.33. The summed E-state index contributed by atoms with van der Waals surface area (Å²) in [5.74, 6) is -1.07. The molecule has 1 unspecified atom stereocenters. The van der Waals surface area contributed by atoms with Crippen LogP contribution in [-0.2, 0) is 9.09 Å². The maximum Gasteiger partial charge on any atom is 0.469 e. The van der Waals surface area contributed by atoms with E-state index in [1.54, 1.807) is 9.97 Å². The standard InChI is InChI=1S/C9H15N2O11P/c12-2(1-22-23(19,20)21)4(13)6(15)5(14)3-7(16)10-9(18)11-8(3)17/h2,4-6,12-15H,1H2,(H2,19,20,21)(H3,10,11,16,17,18)/t2-,4-,5?,6-/m1/s1. The summed E-state index contributed by atoms with van der Waals surface area (Å²) in [6.45, 7) is -1.09. The summed E-state index contributed by atoms with van der Waals surface area (Å²) in [4.78, 5) is 42.6. The summed E-state index contributed by atoms with van der Waals surface area (Å²) < 4.78 is 14.4. The van der Waals surface area contributed by atoms with Gasteiger partial charge in [-0.2, -0.15) is 0 Å². The minimum atomic E-state index is -4.94. The molecule has 23 heavy (non-hydrogen) atoms. The molecule has 1 aromatic heterocycles. The van der Waals surface area contributed by atoms with Gasteiger partial charge in [-0.15, -0.1) is 0 Å². The van der Waals surface area contributed by atoms with Crippen LogP contribution in [0.2, 0.25) is 0 Å². The Morgan fingerprint density at radius 3 is 2.09 bits per heavy atom. The number of hydrogen-bond acceptors (Lipinski definition) is 9. The van der Waals surface area contributed by atoms with Crippen molar-refractivity contribution in [3.63, 3.8) is 0 Å². The van der Waals surface area contributed by atoms with Gasteiger partial charge >= 0.3 is 13.5 Å². The Bertz CT molecular complexity index is 693. The van der Waals surface area contributed by atoms with Crippen LogP contribution in [0.5, 0.6) is 5.88 Å². The van der Waals surface area contributed by atoms with Gasteiger partial charge in [0.2, 0.25) is 5.88 Å². The van der Waals surface area contributed by atoms with Crippen LogP contribution in [0.1, 0.15) is 11.7 Å². The molecular weight excluding hydrogens is 343 g/mol. The predicted molar refractivity (Wildman–Crippen MR) is 70.3 cm³/mol. The molecule has 132 valence electrons. The molecule has 0 saturated heterocycles. The fourth-order valence-electron chi connectivity index (χ4n) is 1.62. The number of nitrogens with one attached hydrogen (secondary N) is 2. The van der Waals surface area contributed by atoms with Crippen LogP contribution < -0.4 is 11.2 Å². The van der Waals surface area contributed by atoms with Crippen LogP contribution >= 0.6 is 7.82 Å². The van der Waals surface area contributed by atoms with E-state index >= 15 is 0 Å². The molecule has 0 spiro atoms. The molecule has 0 bridgehead atoms. The Morgan fingerprint density at radius 1 is 1.04 bits per heavy atom. The van der Waals surface area contributed by atoms with Crippen molar-refractivity contribution in [2.45, 2.75) is 24.4 Å². The molecule has 0 radical (unpaired) electrons. The zero-order valence-electron chi connectivity index (χ0n) is 11.2. The smallest absolute Gasteiger partial charge is 0.469 e. The van der Waals surface area contributed by atoms with Gasteiger partial charge in [-0.25, -0.2) is 9.36 Å². The van der Waals surface area contributed by atoms with E-state index in [0.717, 1.165) is 0 Å². The first-order valence-corrected chi connectivity index (χ1v) is 7.45. The van der Waals surface area contributed by atoms with Crippen molar-refractivity contribution >= 4 is 7.82 Å². The van der Waals surface area contributed by atoms with Gasteiger partial charge in [0.05, 0.1) is 6.61 Å². The van der Waals surface area contributed by atoms with Crippen LogP contribution in [0.25, 0.3) is 0 Å². The average molecular weight is 358 g/mol. The lowest BCUT2D eigenvalue weighted by atomic mass is 9.99. The number of aliphatic hydroxyl groups is 4. The Hall–Kier alpha value is -1.57. The number of aromatic amines is 2. The fraction of sp³-hybridized carbons (Fsp3) is 0.556. The quantitative estimate of drug-likeness (QED) is 0.213. The number of aromatic nitrogens is 2. The maximum atomic E-state index is 11.5. The zero-order chi connectivity index (χ0) is 17.9. The summed E-state index contributed by atoms with van der Waals surface area (Å²) in [6, 6.07) is 0. The van der Waals surface area contributed by atoms with Gasteiger partial charge < -0.3 is 35.3 Å². The van der Waals surface area contributed by atoms with E-state index in [0.29, 0.717) is 0 Å². The van der Waals surface area contributed by atoms with Gasteiger partial charge in [0, 0.05) is 0 Å². The molecule has 0 saturated carbocycles. The Morgan fingerprint density at radius 2 is 1.61 bits per heavy atom. The molecule has 1 heterocycles. The third-order valence-electron chi connectivity index (χ3n) is 2.74. The molecule has 1 rings (SSSR count). The van der Waals surface area contributed by atoms with Gasteiger partial charge in [-0.1, -0.05) is 0 Å². The van der Waals surface area contributed by atoms with E-state index in [1.165, 1.54) is 0 Å². The van der Waals surface area contributed by atoms with E-state index < -0.39 is 61.5 Å². The topological polar surface area (TPSA) is 234 Å². The third-order valence-corrected chi connectivity index (χ3v) is 3.22. The highest BCUT2D eigenvalue weighted by atomic mass is 31.2. The van der Waals surface area contributed by atoms with Crippen molar-refractivity contribution in [1.29, 1.82) is 0 Å². The molecule has 4 atom stereocenters. The first-order chi connectivity index (χ1) is 10.4. The molecule has 13 nitrogen and oxygen atoms in total. The van der Waals surface area contributed by atoms with Crippen molar-refractivity contribution in [2.24, 2.45) is 0 Å². The van der Waals surface area contributed by atoms with Crippen LogP contribution in [0, 0.1) is 0 Å². The van der Waals surface area contributed by atoms with E-state index in [9.17, 15) is 39.7 Å². The van der Waals surface area contributed by atoms with Crippen molar-refractivity contribution < 1.29 is 44.4 Å². The third kappa shape index (κ3) is 5.23. The molecule has 0 amide bonds. The summed E-state index contributed by atoms with van der Waals surface area (Å²) in [7, 11) is -4.94. The Balaban J connectivity index is 2.92. The van der Waals surface area contributed by atoms with Crippen molar-refractivity contribution in [2.75, 3.05) is 6.61 Å². The van der Waals surface area contributed by atoms with Crippen molar-refractivity contribution in [1.82, 2.24) is 9.97 Å². The maximum absolute atomic E-state index is 11.5. The number of phosphoric acid groups is 1. The highest BCUT2D eigenvalue weighted by Gasteiger charge is 2.35. The number of aliphatic hydroxyl groups excluding tert-OH is 4. The fourth-order valence-corrected chi connectivity index (χ4v) is 1.96. The molecule has 0 fully saturated rings. The van der Waals surface area contributed by atoms with E-state index in [2.05, 4.69) is 4.52 Å². The highest BCUT2D eigenvalue weighted by Crippen LogP contribution is 2.36. The number of rotatable bonds is 7. The SMILES string of the molecule is O=c1[nH]c(O)c(C(O)[C@H](O)[C@H](O)[C@H](O)COP(=O)(O)O)c(=O)[nH]1. The summed E-state index contributed by atoms with van der Waals surface area (Å²) >= 11 is 0. The molecular formula is C9H15N2O11P. The first kappa shape index (κ1) is 19.5. The number of H-pyrrole nitrogens is 2. The normalized spacial score (nSPS) is 17.5. The average Bonchev–Trinajstić information content (AvgIpc) is 2.41. The minimum Gasteiger partial charge on any atom is -0.494 e. The highest BCUT2D eigenvalue weighted by molar-refractivity contribution is 7.46. The van der Waals surface area contributed by atoms with Gasteiger partial charge in [0.15, 0.2) is 0 Å². The number of phosphoric ester groups is 1. The van der Waals surface area contributed by atoms with Crippen LogP contribution in [0.3, 0.4) is 0 Å². The van der Waals surface area contributed by atoms with Crippen LogP contribution in [0.4, 0.5) is 0 Å². The van der Waals surface area contributed by atoms with Gasteiger partial charge in [-0.05, 0) is 0 Å². The molecule has 1 aromatic rings. The van der Waals surface area contributed by atoms with Crippen molar-refractivity contribution in [3.05, 3.63) is 26.4 Å². The summed E-state index contributed by atoms with van der Waals surface area (Å²) in [5, 5.41) is 47.9. The molecule has 0 aromatic carbocycles. The lowest BCUT2D eigenvalue weighted by molar-refractivity contribution is -0.116. The van der Waals surface area contributed by atoms with E-state index in [4.69, 9.17) is 9.79 Å². The number of aromatic hydroxyl groups is 1. The molecule has 14 heteroatoms. The molecule has 0 aliphatic rings. The van der Waals surface area contributed by atoms with Crippen LogP contribution in [-0.4, -0.2) is 70.2 Å². The van der Waals surface area contributed by atoms with E-state index in [1.807, 2.05) is 0 Å². The van der Waals surface area contributed by atoms with Crippen molar-refractivity contribution in [3.8, 4) is 5.88 Å². The Labute approximate surface area is 126 Å². The zero-order valence-corrected chi connectivity index (χ0v) is 12.1. The lowest BCUT2D eigenvalue weighted by Crippen LogP contribution is -2.44. The monoisotopic (exact) mass is 358 g/mol. The largest absolute Gasteiger partial charge is 0.494 e. The van der Waals surface area contributed by atoms with Gasteiger partial charge in [0.1, 0.15) is 30.0 Å². The van der Waals surface area contributed by atoms with Crippen LogP contribution in [0.15, 0.2) is 9.59 Å². The molecule has 9 N–H and O–H groups in total. The summed E-state index contributed by atoms with van der Waals surface area (Å²) in [6.07, 6.45) is -8.75. The second-order valence-corrected chi connectivity index (χ2v) is 5.69. The predicted octanol–water partition coefficient (Wildman–Crippen LogP) is -4.01. The summed E-state index contributed by atoms with van der Waals surface area (Å²) in [5.41, 5.74) is -3.24. The number of hydrogen-bond donors (Lipinski definition) is 9. The lowest BCUT2D eigenvalue weighted by Gasteiger charge is -2.26. The first-order valence-electron chi connectivity index (χ1n) is 5.92. The minimum absolute atomic E-state index is 0.890. The second-order valence-electron chi connectivity index (χ2n) is 4.45. The van der Waals surface area contributed by atoms with Gasteiger partial charge in [0.25, 0.3) is 5.56 Å². The molecule has 0 aliphatic carbocycles.